The Hall–Kier alpha value is -1.60. The van der Waals surface area contributed by atoms with Crippen molar-refractivity contribution >= 4 is 50.9 Å². The number of anilines is 1. The predicted molar refractivity (Wildman–Crippen MR) is 90.4 cm³/mol. The number of nitrogens with zero attached hydrogens (tertiary/aromatic N) is 1. The predicted octanol–water partition coefficient (Wildman–Crippen LogP) is 3.55. The van der Waals surface area contributed by atoms with Crippen LogP contribution < -0.4 is 5.32 Å². The van der Waals surface area contributed by atoms with Crippen molar-refractivity contribution in [3.05, 3.63) is 18.2 Å². The molecule has 5 nitrogen and oxygen atoms in total. The maximum atomic E-state index is 11.7. The first-order valence-corrected chi connectivity index (χ1v) is 8.79. The maximum absolute atomic E-state index is 11.7. The highest BCUT2D eigenvalue weighted by Gasteiger charge is 2.11. The number of amides is 1. The van der Waals surface area contributed by atoms with Crippen molar-refractivity contribution in [1.82, 2.24) is 4.98 Å². The van der Waals surface area contributed by atoms with Gasteiger partial charge in [-0.15, -0.1) is 11.3 Å². The molecule has 2 rings (SSSR count). The van der Waals surface area contributed by atoms with Gasteiger partial charge in [-0.3, -0.25) is 9.59 Å². The van der Waals surface area contributed by atoms with Gasteiger partial charge in [0.1, 0.15) is 0 Å². The van der Waals surface area contributed by atoms with Crippen LogP contribution in [0.3, 0.4) is 0 Å². The van der Waals surface area contributed by atoms with Crippen LogP contribution in [0.2, 0.25) is 0 Å². The molecule has 1 N–H and O–H groups in total. The molecule has 1 amide bonds. The third-order valence-electron chi connectivity index (χ3n) is 2.78. The van der Waals surface area contributed by atoms with Crippen LogP contribution in [0, 0.1) is 5.92 Å². The molecule has 22 heavy (non-hydrogen) atoms. The van der Waals surface area contributed by atoms with Crippen molar-refractivity contribution in [2.45, 2.75) is 25.1 Å². The summed E-state index contributed by atoms with van der Waals surface area (Å²) in [6.45, 7) is 5.88. The first kappa shape index (κ1) is 16.8. The number of hydrogen-bond donors (Lipinski definition) is 1. The number of nitrogens with one attached hydrogen (secondary N) is 1. The lowest BCUT2D eigenvalue weighted by Gasteiger charge is -2.06. The van der Waals surface area contributed by atoms with Gasteiger partial charge >= 0.3 is 5.97 Å². The van der Waals surface area contributed by atoms with Crippen molar-refractivity contribution in [3.63, 3.8) is 0 Å². The van der Waals surface area contributed by atoms with Crippen LogP contribution in [0.25, 0.3) is 10.2 Å². The van der Waals surface area contributed by atoms with Crippen molar-refractivity contribution in [3.8, 4) is 0 Å². The zero-order valence-electron chi connectivity index (χ0n) is 12.7. The third kappa shape index (κ3) is 4.45. The summed E-state index contributed by atoms with van der Waals surface area (Å²) in [5.74, 6) is -0.0600. The monoisotopic (exact) mass is 338 g/mol. The Bertz CT molecular complexity index is 682. The summed E-state index contributed by atoms with van der Waals surface area (Å²) in [7, 11) is 0. The topological polar surface area (TPSA) is 68.3 Å². The highest BCUT2D eigenvalue weighted by atomic mass is 32.2. The van der Waals surface area contributed by atoms with Crippen LogP contribution in [0.5, 0.6) is 0 Å². The standard InChI is InChI=1S/C15H18N2O3S2/c1-4-20-13(18)8-21-15-17-11-6-5-10(7-12(11)22-15)16-14(19)9(2)3/h5-7,9H,4,8H2,1-3H3,(H,16,19). The van der Waals surface area contributed by atoms with E-state index in [2.05, 4.69) is 10.3 Å². The van der Waals surface area contributed by atoms with Crippen molar-refractivity contribution in [2.75, 3.05) is 17.7 Å². The molecule has 0 fully saturated rings. The van der Waals surface area contributed by atoms with Crippen LogP contribution in [0.15, 0.2) is 22.5 Å². The molecule has 1 aromatic carbocycles. The number of rotatable bonds is 6. The Morgan fingerprint density at radius 3 is 2.86 bits per heavy atom. The molecule has 118 valence electrons. The molecule has 0 saturated carbocycles. The van der Waals surface area contributed by atoms with Gasteiger partial charge in [0.2, 0.25) is 5.91 Å². The van der Waals surface area contributed by atoms with Gasteiger partial charge in [-0.25, -0.2) is 4.98 Å². The minimum atomic E-state index is -0.239. The fourth-order valence-corrected chi connectivity index (χ4v) is 3.56. The molecule has 0 unspecified atom stereocenters. The second-order valence-corrected chi connectivity index (χ2v) is 7.15. The first-order valence-electron chi connectivity index (χ1n) is 6.99. The zero-order valence-corrected chi connectivity index (χ0v) is 14.3. The number of thiazole rings is 1. The number of carbonyl (C=O) groups excluding carboxylic acids is 2. The van der Waals surface area contributed by atoms with E-state index in [-0.39, 0.29) is 23.5 Å². The number of thioether (sulfide) groups is 1. The molecule has 0 atom stereocenters. The van der Waals surface area contributed by atoms with Crippen LogP contribution in [-0.2, 0) is 14.3 Å². The molecule has 0 spiro atoms. The van der Waals surface area contributed by atoms with Crippen LogP contribution in [0.4, 0.5) is 5.69 Å². The summed E-state index contributed by atoms with van der Waals surface area (Å²) in [5, 5.41) is 2.87. The molecular weight excluding hydrogens is 320 g/mol. The summed E-state index contributed by atoms with van der Waals surface area (Å²) < 4.78 is 6.69. The summed E-state index contributed by atoms with van der Waals surface area (Å²) >= 11 is 2.86. The summed E-state index contributed by atoms with van der Waals surface area (Å²) in [4.78, 5) is 27.5. The number of ether oxygens (including phenoxy) is 1. The SMILES string of the molecule is CCOC(=O)CSc1nc2ccc(NC(=O)C(C)C)cc2s1. The van der Waals surface area contributed by atoms with E-state index in [1.165, 1.54) is 23.1 Å². The Morgan fingerprint density at radius 1 is 1.41 bits per heavy atom. The van der Waals surface area contributed by atoms with Crippen LogP contribution in [0.1, 0.15) is 20.8 Å². The number of hydrogen-bond acceptors (Lipinski definition) is 6. The Morgan fingerprint density at radius 2 is 2.18 bits per heavy atom. The lowest BCUT2D eigenvalue weighted by Crippen LogP contribution is -2.17. The second-order valence-electron chi connectivity index (χ2n) is 4.90. The molecule has 0 radical (unpaired) electrons. The Balaban J connectivity index is 2.07. The zero-order chi connectivity index (χ0) is 16.1. The smallest absolute Gasteiger partial charge is 0.316 e. The minimum absolute atomic E-state index is 0.0132. The van der Waals surface area contributed by atoms with Crippen molar-refractivity contribution in [2.24, 2.45) is 5.92 Å². The van der Waals surface area contributed by atoms with Gasteiger partial charge in [-0.05, 0) is 25.1 Å². The molecule has 0 aliphatic rings. The molecule has 0 aliphatic carbocycles. The number of esters is 1. The van der Waals surface area contributed by atoms with Crippen LogP contribution in [-0.4, -0.2) is 29.2 Å². The van der Waals surface area contributed by atoms with Gasteiger partial charge in [-0.1, -0.05) is 25.6 Å². The maximum Gasteiger partial charge on any atom is 0.316 e. The van der Waals surface area contributed by atoms with E-state index >= 15 is 0 Å². The summed E-state index contributed by atoms with van der Waals surface area (Å²) in [6, 6.07) is 5.61. The highest BCUT2D eigenvalue weighted by Crippen LogP contribution is 2.31. The van der Waals surface area contributed by atoms with E-state index in [1.54, 1.807) is 6.92 Å². The van der Waals surface area contributed by atoms with Crippen molar-refractivity contribution in [1.29, 1.82) is 0 Å². The molecule has 0 bridgehead atoms. The molecule has 7 heteroatoms. The third-order valence-corrected chi connectivity index (χ3v) is 4.91. The quantitative estimate of drug-likeness (QED) is 0.644. The molecule has 2 aromatic rings. The minimum Gasteiger partial charge on any atom is -0.465 e. The average molecular weight is 338 g/mol. The van der Waals surface area contributed by atoms with E-state index < -0.39 is 0 Å². The van der Waals surface area contributed by atoms with Gasteiger partial charge in [-0.2, -0.15) is 0 Å². The molecule has 0 aliphatic heterocycles. The summed E-state index contributed by atoms with van der Waals surface area (Å²) in [6.07, 6.45) is 0. The van der Waals surface area contributed by atoms with E-state index in [1.807, 2.05) is 32.0 Å². The molecule has 1 aromatic heterocycles. The second kappa shape index (κ2) is 7.60. The molecular formula is C15H18N2O3S2. The fraction of sp³-hybridized carbons (Fsp3) is 0.400. The normalized spacial score (nSPS) is 10.9. The lowest BCUT2D eigenvalue weighted by molar-refractivity contribution is -0.139. The Labute approximate surface area is 137 Å². The van der Waals surface area contributed by atoms with E-state index in [4.69, 9.17) is 4.74 Å². The number of benzene rings is 1. The van der Waals surface area contributed by atoms with E-state index in [9.17, 15) is 9.59 Å². The molecule has 0 saturated heterocycles. The number of carbonyl (C=O) groups is 2. The lowest BCUT2D eigenvalue weighted by atomic mass is 10.2. The van der Waals surface area contributed by atoms with E-state index in [0.717, 1.165) is 20.2 Å². The van der Waals surface area contributed by atoms with E-state index in [0.29, 0.717) is 6.61 Å². The van der Waals surface area contributed by atoms with Gasteiger partial charge in [0.25, 0.3) is 0 Å². The van der Waals surface area contributed by atoms with Crippen LogP contribution >= 0.6 is 23.1 Å². The number of aromatic nitrogens is 1. The highest BCUT2D eigenvalue weighted by molar-refractivity contribution is 8.01. The fourth-order valence-electron chi connectivity index (χ4n) is 1.65. The Kier molecular flexibility index (Phi) is 5.79. The average Bonchev–Trinajstić information content (AvgIpc) is 2.87. The number of fused-ring (bicyclic) bond motifs is 1. The van der Waals surface area contributed by atoms with Gasteiger partial charge in [0, 0.05) is 11.6 Å². The van der Waals surface area contributed by atoms with Crippen molar-refractivity contribution < 1.29 is 14.3 Å². The largest absolute Gasteiger partial charge is 0.465 e. The summed E-state index contributed by atoms with van der Waals surface area (Å²) in [5.41, 5.74) is 1.62. The van der Waals surface area contributed by atoms with Gasteiger partial charge in [0.15, 0.2) is 4.34 Å². The first-order chi connectivity index (χ1) is 10.5. The molecule has 1 heterocycles. The van der Waals surface area contributed by atoms with Gasteiger partial charge in [0.05, 0.1) is 22.6 Å². The van der Waals surface area contributed by atoms with Gasteiger partial charge < -0.3 is 10.1 Å².